The summed E-state index contributed by atoms with van der Waals surface area (Å²) in [7, 11) is 0. The summed E-state index contributed by atoms with van der Waals surface area (Å²) < 4.78 is 3.02. The summed E-state index contributed by atoms with van der Waals surface area (Å²) in [5, 5.41) is 0. The first kappa shape index (κ1) is 15.3. The lowest BCUT2D eigenvalue weighted by Gasteiger charge is -2.21. The molecule has 1 rings (SSSR count). The highest BCUT2D eigenvalue weighted by Gasteiger charge is 2.18. The molecule has 1 aromatic heterocycles. The van der Waals surface area contributed by atoms with Gasteiger partial charge in [-0.05, 0) is 41.8 Å². The monoisotopic (exact) mass is 314 g/mol. The second kappa shape index (κ2) is 7.62. The van der Waals surface area contributed by atoms with E-state index >= 15 is 0 Å². The molecule has 1 amide bonds. The van der Waals surface area contributed by atoms with Gasteiger partial charge in [0.2, 0.25) is 0 Å². The topological polar surface area (TPSA) is 25.2 Å². The fourth-order valence-corrected chi connectivity index (χ4v) is 2.46. The Hall–Kier alpha value is -0.770. The van der Waals surface area contributed by atoms with Crippen LogP contribution in [0.25, 0.3) is 0 Å². The number of amides is 1. The number of nitrogens with zero attached hydrogens (tertiary/aromatic N) is 2. The highest BCUT2D eigenvalue weighted by molar-refractivity contribution is 9.10. The summed E-state index contributed by atoms with van der Waals surface area (Å²) in [4.78, 5) is 14.4. The molecule has 0 N–H and O–H groups in total. The van der Waals surface area contributed by atoms with Crippen molar-refractivity contribution in [3.05, 3.63) is 22.4 Å². The minimum atomic E-state index is 0.144. The van der Waals surface area contributed by atoms with Gasteiger partial charge in [-0.2, -0.15) is 0 Å². The summed E-state index contributed by atoms with van der Waals surface area (Å²) in [6.45, 7) is 8.81. The van der Waals surface area contributed by atoms with E-state index in [1.54, 1.807) is 0 Å². The minimum absolute atomic E-state index is 0.144. The van der Waals surface area contributed by atoms with Crippen LogP contribution in [0.2, 0.25) is 0 Å². The molecule has 1 aromatic rings. The van der Waals surface area contributed by atoms with Crippen LogP contribution in [0.4, 0.5) is 0 Å². The number of carbonyl (C=O) groups is 1. The molecule has 4 heteroatoms. The van der Waals surface area contributed by atoms with Crippen molar-refractivity contribution in [1.29, 1.82) is 0 Å². The average molecular weight is 315 g/mol. The lowest BCUT2D eigenvalue weighted by molar-refractivity contribution is 0.0751. The molecule has 18 heavy (non-hydrogen) atoms. The summed E-state index contributed by atoms with van der Waals surface area (Å²) >= 11 is 3.45. The van der Waals surface area contributed by atoms with Crippen LogP contribution in [0.15, 0.2) is 16.7 Å². The number of hydrogen-bond acceptors (Lipinski definition) is 1. The van der Waals surface area contributed by atoms with E-state index in [0.717, 1.165) is 49.1 Å². The van der Waals surface area contributed by atoms with Crippen LogP contribution in [-0.4, -0.2) is 28.5 Å². The number of hydrogen-bond donors (Lipinski definition) is 0. The van der Waals surface area contributed by atoms with Crippen LogP contribution < -0.4 is 0 Å². The zero-order valence-corrected chi connectivity index (χ0v) is 13.2. The molecular formula is C14H23BrN2O. The molecular weight excluding hydrogens is 292 g/mol. The largest absolute Gasteiger partial charge is 0.342 e. The predicted octanol–water partition coefficient (Wildman–Crippen LogP) is 3.92. The Labute approximate surface area is 118 Å². The normalized spacial score (nSPS) is 10.7. The molecule has 0 aromatic carbocycles. The molecule has 0 aliphatic rings. The first-order valence-corrected chi connectivity index (χ1v) is 7.58. The first-order chi connectivity index (χ1) is 8.63. The third-order valence-electron chi connectivity index (χ3n) is 3.00. The quantitative estimate of drug-likeness (QED) is 0.748. The van der Waals surface area contributed by atoms with Gasteiger partial charge in [0.25, 0.3) is 5.91 Å². The van der Waals surface area contributed by atoms with Crippen LogP contribution in [0.1, 0.15) is 50.5 Å². The Morgan fingerprint density at radius 3 is 2.61 bits per heavy atom. The summed E-state index contributed by atoms with van der Waals surface area (Å²) in [6, 6.07) is 1.92. The smallest absolute Gasteiger partial charge is 0.270 e. The lowest BCUT2D eigenvalue weighted by Crippen LogP contribution is -2.33. The molecule has 1 heterocycles. The average Bonchev–Trinajstić information content (AvgIpc) is 2.71. The summed E-state index contributed by atoms with van der Waals surface area (Å²) in [6.07, 6.45) is 5.20. The van der Waals surface area contributed by atoms with E-state index < -0.39 is 0 Å². The van der Waals surface area contributed by atoms with E-state index in [9.17, 15) is 4.79 Å². The zero-order valence-electron chi connectivity index (χ0n) is 11.6. The Morgan fingerprint density at radius 1 is 1.33 bits per heavy atom. The van der Waals surface area contributed by atoms with Gasteiger partial charge < -0.3 is 9.47 Å². The standard InChI is InChI=1S/C14H23BrN2O/c1-4-7-9-16(6-3)14(18)13-10-12(15)11-17(13)8-5-2/h10-11H,4-9H2,1-3H3. The van der Waals surface area contributed by atoms with Crippen molar-refractivity contribution < 1.29 is 4.79 Å². The van der Waals surface area contributed by atoms with E-state index in [2.05, 4.69) is 29.8 Å². The van der Waals surface area contributed by atoms with Crippen LogP contribution in [0.3, 0.4) is 0 Å². The zero-order chi connectivity index (χ0) is 13.5. The van der Waals surface area contributed by atoms with E-state index in [1.807, 2.05) is 28.7 Å². The van der Waals surface area contributed by atoms with Crippen LogP contribution in [0, 0.1) is 0 Å². The van der Waals surface area contributed by atoms with Crippen molar-refractivity contribution in [1.82, 2.24) is 9.47 Å². The van der Waals surface area contributed by atoms with Crippen molar-refractivity contribution in [3.8, 4) is 0 Å². The molecule has 0 saturated heterocycles. The SMILES string of the molecule is CCCCN(CC)C(=O)c1cc(Br)cn1CCC. The minimum Gasteiger partial charge on any atom is -0.342 e. The van der Waals surface area contributed by atoms with Crippen LogP contribution >= 0.6 is 15.9 Å². The predicted molar refractivity (Wildman–Crippen MR) is 78.9 cm³/mol. The van der Waals surface area contributed by atoms with Crippen molar-refractivity contribution >= 4 is 21.8 Å². The maximum atomic E-state index is 12.5. The number of rotatable bonds is 7. The van der Waals surface area contributed by atoms with Gasteiger partial charge in [0.1, 0.15) is 5.69 Å². The third-order valence-corrected chi connectivity index (χ3v) is 3.43. The summed E-state index contributed by atoms with van der Waals surface area (Å²) in [5.74, 6) is 0.144. The van der Waals surface area contributed by atoms with E-state index in [1.165, 1.54) is 0 Å². The van der Waals surface area contributed by atoms with Gasteiger partial charge in [0.05, 0.1) is 0 Å². The van der Waals surface area contributed by atoms with Crippen LogP contribution in [0.5, 0.6) is 0 Å². The highest BCUT2D eigenvalue weighted by Crippen LogP contribution is 2.17. The Balaban J connectivity index is 2.86. The second-order valence-electron chi connectivity index (χ2n) is 4.48. The molecule has 0 radical (unpaired) electrons. The van der Waals surface area contributed by atoms with Gasteiger partial charge in [-0.15, -0.1) is 0 Å². The maximum Gasteiger partial charge on any atom is 0.270 e. The Kier molecular flexibility index (Phi) is 6.47. The molecule has 0 spiro atoms. The van der Waals surface area contributed by atoms with Crippen molar-refractivity contribution in [2.24, 2.45) is 0 Å². The summed E-state index contributed by atoms with van der Waals surface area (Å²) in [5.41, 5.74) is 0.793. The molecule has 0 unspecified atom stereocenters. The van der Waals surface area contributed by atoms with Crippen molar-refractivity contribution in [2.75, 3.05) is 13.1 Å². The molecule has 0 aliphatic heterocycles. The number of aromatic nitrogens is 1. The van der Waals surface area contributed by atoms with Crippen molar-refractivity contribution in [3.63, 3.8) is 0 Å². The second-order valence-corrected chi connectivity index (χ2v) is 5.39. The van der Waals surface area contributed by atoms with Gasteiger partial charge in [-0.1, -0.05) is 20.3 Å². The van der Waals surface area contributed by atoms with Gasteiger partial charge in [-0.25, -0.2) is 0 Å². The molecule has 0 atom stereocenters. The fraction of sp³-hybridized carbons (Fsp3) is 0.643. The first-order valence-electron chi connectivity index (χ1n) is 6.78. The molecule has 0 bridgehead atoms. The third kappa shape index (κ3) is 3.87. The van der Waals surface area contributed by atoms with Gasteiger partial charge in [-0.3, -0.25) is 4.79 Å². The molecule has 0 fully saturated rings. The van der Waals surface area contributed by atoms with E-state index in [4.69, 9.17) is 0 Å². The number of halogens is 1. The van der Waals surface area contributed by atoms with Crippen LogP contribution in [-0.2, 0) is 6.54 Å². The highest BCUT2D eigenvalue weighted by atomic mass is 79.9. The molecule has 3 nitrogen and oxygen atoms in total. The van der Waals surface area contributed by atoms with Gasteiger partial charge in [0, 0.05) is 30.3 Å². The van der Waals surface area contributed by atoms with Crippen molar-refractivity contribution in [2.45, 2.75) is 46.6 Å². The Bertz CT molecular complexity index is 387. The van der Waals surface area contributed by atoms with Gasteiger partial charge >= 0.3 is 0 Å². The lowest BCUT2D eigenvalue weighted by atomic mass is 10.3. The molecule has 102 valence electrons. The molecule has 0 aliphatic carbocycles. The van der Waals surface area contributed by atoms with E-state index in [0.29, 0.717) is 0 Å². The number of unbranched alkanes of at least 4 members (excludes halogenated alkanes) is 1. The fourth-order valence-electron chi connectivity index (χ4n) is 1.99. The number of aryl methyl sites for hydroxylation is 1. The molecule has 0 saturated carbocycles. The van der Waals surface area contributed by atoms with E-state index in [-0.39, 0.29) is 5.91 Å². The Morgan fingerprint density at radius 2 is 2.06 bits per heavy atom. The maximum absolute atomic E-state index is 12.5. The van der Waals surface area contributed by atoms with Gasteiger partial charge in [0.15, 0.2) is 0 Å². The number of carbonyl (C=O) groups excluding carboxylic acids is 1.